The van der Waals surface area contributed by atoms with Crippen molar-refractivity contribution in [2.45, 2.75) is 39.5 Å². The Balaban J connectivity index is 1.38. The minimum absolute atomic E-state index is 0.0928. The molecule has 3 heterocycles. The van der Waals surface area contributed by atoms with E-state index >= 15 is 0 Å². The van der Waals surface area contributed by atoms with Crippen LogP contribution in [0.2, 0.25) is 0 Å². The first kappa shape index (κ1) is 16.5. The van der Waals surface area contributed by atoms with E-state index < -0.39 is 0 Å². The quantitative estimate of drug-likeness (QED) is 0.802. The first-order valence-electron chi connectivity index (χ1n) is 8.01. The SMILES string of the molecule is Cc1nc(CCCNC(=O)CC2=CSC3=NCCCN23)sc1C. The van der Waals surface area contributed by atoms with Crippen LogP contribution in [-0.4, -0.2) is 40.6 Å². The summed E-state index contributed by atoms with van der Waals surface area (Å²) >= 11 is 3.39. The highest BCUT2D eigenvalue weighted by molar-refractivity contribution is 8.16. The number of hydrogen-bond acceptors (Lipinski definition) is 6. The summed E-state index contributed by atoms with van der Waals surface area (Å²) in [4.78, 5) is 24.6. The number of aliphatic imine (C=N–C) groups is 1. The molecule has 0 saturated carbocycles. The second-order valence-corrected chi connectivity index (χ2v) is 7.90. The lowest BCUT2D eigenvalue weighted by atomic mass is 10.2. The number of aromatic nitrogens is 1. The standard InChI is InChI=1S/C16H22N4OS2/c1-11-12(2)23-15(19-11)5-3-6-17-14(21)9-13-10-22-16-18-7-4-8-20(13)16/h10H,3-9H2,1-2H3,(H,17,21). The number of amidine groups is 1. The molecule has 124 valence electrons. The van der Waals surface area contributed by atoms with Crippen LogP contribution in [-0.2, 0) is 11.2 Å². The maximum Gasteiger partial charge on any atom is 0.225 e. The first-order valence-corrected chi connectivity index (χ1v) is 9.70. The molecule has 0 atom stereocenters. The number of rotatable bonds is 6. The van der Waals surface area contributed by atoms with Gasteiger partial charge in [0, 0.05) is 36.6 Å². The van der Waals surface area contributed by atoms with Crippen molar-refractivity contribution in [1.29, 1.82) is 0 Å². The van der Waals surface area contributed by atoms with E-state index in [1.807, 2.05) is 6.92 Å². The Labute approximate surface area is 145 Å². The molecule has 0 bridgehead atoms. The summed E-state index contributed by atoms with van der Waals surface area (Å²) in [6.07, 6.45) is 3.38. The smallest absolute Gasteiger partial charge is 0.225 e. The maximum atomic E-state index is 12.1. The number of thioether (sulfide) groups is 1. The number of aryl methyl sites for hydroxylation is 3. The molecule has 23 heavy (non-hydrogen) atoms. The lowest BCUT2D eigenvalue weighted by Crippen LogP contribution is -2.33. The van der Waals surface area contributed by atoms with E-state index in [-0.39, 0.29) is 5.91 Å². The van der Waals surface area contributed by atoms with Gasteiger partial charge in [0.05, 0.1) is 17.1 Å². The Morgan fingerprint density at radius 2 is 2.30 bits per heavy atom. The predicted octanol–water partition coefficient (Wildman–Crippen LogP) is 2.85. The Morgan fingerprint density at radius 1 is 1.43 bits per heavy atom. The molecule has 1 N–H and O–H groups in total. The van der Waals surface area contributed by atoms with Crippen molar-refractivity contribution in [2.24, 2.45) is 4.99 Å². The zero-order valence-corrected chi connectivity index (χ0v) is 15.2. The van der Waals surface area contributed by atoms with Gasteiger partial charge in [0.2, 0.25) is 5.91 Å². The summed E-state index contributed by atoms with van der Waals surface area (Å²) in [7, 11) is 0. The molecule has 0 saturated heterocycles. The zero-order chi connectivity index (χ0) is 16.2. The molecule has 2 aliphatic heterocycles. The number of fused-ring (bicyclic) bond motifs is 1. The van der Waals surface area contributed by atoms with Crippen molar-refractivity contribution < 1.29 is 4.79 Å². The predicted molar refractivity (Wildman–Crippen MR) is 96.8 cm³/mol. The molecule has 0 aliphatic carbocycles. The van der Waals surface area contributed by atoms with Gasteiger partial charge in [-0.25, -0.2) is 4.98 Å². The zero-order valence-electron chi connectivity index (χ0n) is 13.6. The molecular formula is C16H22N4OS2. The van der Waals surface area contributed by atoms with Crippen molar-refractivity contribution in [1.82, 2.24) is 15.2 Å². The number of nitrogens with zero attached hydrogens (tertiary/aromatic N) is 3. The fourth-order valence-corrected chi connectivity index (χ4v) is 4.54. The van der Waals surface area contributed by atoms with E-state index in [4.69, 9.17) is 0 Å². The molecule has 2 aliphatic rings. The molecule has 1 aromatic heterocycles. The van der Waals surface area contributed by atoms with E-state index in [0.29, 0.717) is 13.0 Å². The van der Waals surface area contributed by atoms with E-state index in [9.17, 15) is 4.79 Å². The van der Waals surface area contributed by atoms with E-state index in [2.05, 4.69) is 32.5 Å². The van der Waals surface area contributed by atoms with Gasteiger partial charge in [-0.1, -0.05) is 11.8 Å². The van der Waals surface area contributed by atoms with E-state index in [1.165, 1.54) is 9.88 Å². The number of carbonyl (C=O) groups is 1. The van der Waals surface area contributed by atoms with E-state index in [0.717, 1.165) is 48.9 Å². The lowest BCUT2D eigenvalue weighted by Gasteiger charge is -2.25. The highest BCUT2D eigenvalue weighted by Gasteiger charge is 2.25. The third-order valence-electron chi connectivity index (χ3n) is 3.97. The molecule has 3 rings (SSSR count). The van der Waals surface area contributed by atoms with Crippen LogP contribution in [0.1, 0.15) is 34.8 Å². The summed E-state index contributed by atoms with van der Waals surface area (Å²) in [5, 5.41) is 7.29. The molecule has 7 heteroatoms. The largest absolute Gasteiger partial charge is 0.356 e. The monoisotopic (exact) mass is 350 g/mol. The summed E-state index contributed by atoms with van der Waals surface area (Å²) in [6.45, 7) is 6.74. The van der Waals surface area contributed by atoms with Gasteiger partial charge in [-0.2, -0.15) is 0 Å². The van der Waals surface area contributed by atoms with Gasteiger partial charge >= 0.3 is 0 Å². The number of carbonyl (C=O) groups excluding carboxylic acids is 1. The highest BCUT2D eigenvalue weighted by atomic mass is 32.2. The van der Waals surface area contributed by atoms with Gasteiger partial charge in [0.1, 0.15) is 0 Å². The van der Waals surface area contributed by atoms with Crippen molar-refractivity contribution in [3.63, 3.8) is 0 Å². The van der Waals surface area contributed by atoms with Crippen molar-refractivity contribution >= 4 is 34.2 Å². The number of nitrogens with one attached hydrogen (secondary N) is 1. The fraction of sp³-hybridized carbons (Fsp3) is 0.562. The Bertz CT molecular complexity index is 631. The van der Waals surface area contributed by atoms with Crippen LogP contribution in [0, 0.1) is 13.8 Å². The van der Waals surface area contributed by atoms with Gasteiger partial charge in [-0.05, 0) is 32.1 Å². The fourth-order valence-electron chi connectivity index (χ4n) is 2.61. The van der Waals surface area contributed by atoms with Crippen LogP contribution in [0.25, 0.3) is 0 Å². The van der Waals surface area contributed by atoms with Gasteiger partial charge in [0.25, 0.3) is 0 Å². The molecule has 0 spiro atoms. The Hall–Kier alpha value is -1.34. The molecule has 0 fully saturated rings. The first-order chi connectivity index (χ1) is 11.1. The average Bonchev–Trinajstić information content (AvgIpc) is 3.08. The minimum atomic E-state index is 0.0928. The van der Waals surface area contributed by atoms with Crippen LogP contribution in [0.3, 0.4) is 0 Å². The van der Waals surface area contributed by atoms with Gasteiger partial charge in [0.15, 0.2) is 5.17 Å². The molecular weight excluding hydrogens is 328 g/mol. The van der Waals surface area contributed by atoms with Crippen LogP contribution in [0.15, 0.2) is 16.1 Å². The molecule has 1 aromatic rings. The molecule has 0 radical (unpaired) electrons. The van der Waals surface area contributed by atoms with Crippen LogP contribution < -0.4 is 5.32 Å². The van der Waals surface area contributed by atoms with Crippen molar-refractivity contribution in [2.75, 3.05) is 19.6 Å². The molecule has 0 unspecified atom stereocenters. The molecule has 0 aromatic carbocycles. The lowest BCUT2D eigenvalue weighted by molar-refractivity contribution is -0.120. The molecule has 5 nitrogen and oxygen atoms in total. The second kappa shape index (κ2) is 7.49. The summed E-state index contributed by atoms with van der Waals surface area (Å²) in [5.74, 6) is 0.0928. The third-order valence-corrected chi connectivity index (χ3v) is 6.05. The summed E-state index contributed by atoms with van der Waals surface area (Å²) in [5.41, 5.74) is 2.20. The van der Waals surface area contributed by atoms with Crippen molar-refractivity contribution in [3.05, 3.63) is 26.7 Å². The van der Waals surface area contributed by atoms with Gasteiger partial charge in [-0.15, -0.1) is 11.3 Å². The number of amides is 1. The van der Waals surface area contributed by atoms with Crippen LogP contribution >= 0.6 is 23.1 Å². The summed E-state index contributed by atoms with van der Waals surface area (Å²) < 4.78 is 0. The van der Waals surface area contributed by atoms with Crippen LogP contribution in [0.5, 0.6) is 0 Å². The van der Waals surface area contributed by atoms with E-state index in [1.54, 1.807) is 23.1 Å². The molecule has 1 amide bonds. The van der Waals surface area contributed by atoms with Gasteiger partial charge < -0.3 is 10.2 Å². The minimum Gasteiger partial charge on any atom is -0.356 e. The highest BCUT2D eigenvalue weighted by Crippen LogP contribution is 2.30. The maximum absolute atomic E-state index is 12.1. The number of hydrogen-bond donors (Lipinski definition) is 1. The van der Waals surface area contributed by atoms with Gasteiger partial charge in [-0.3, -0.25) is 9.79 Å². The normalized spacial score (nSPS) is 16.9. The van der Waals surface area contributed by atoms with Crippen molar-refractivity contribution in [3.8, 4) is 0 Å². The topological polar surface area (TPSA) is 57.6 Å². The average molecular weight is 351 g/mol. The second-order valence-electron chi connectivity index (χ2n) is 5.78. The Kier molecular flexibility index (Phi) is 5.38. The third kappa shape index (κ3) is 4.14. The Morgan fingerprint density at radius 3 is 3.09 bits per heavy atom. The number of thiazole rings is 1. The summed E-state index contributed by atoms with van der Waals surface area (Å²) in [6, 6.07) is 0. The van der Waals surface area contributed by atoms with Crippen LogP contribution in [0.4, 0.5) is 0 Å².